The molecule has 0 spiro atoms. The molecular formula is C14H17NO. The number of hydrogen-bond acceptors (Lipinski definition) is 2. The standard InChI is InChI=1S/C14H17NO/c1-4-11-8-12(14(16)10(11)3)13-7-5-6-9(2)15-13/h5-7,12H,4,8H2,1-3H3. The third-order valence-corrected chi connectivity index (χ3v) is 3.36. The SMILES string of the molecule is CCC1=C(C)C(=O)C(c2cccc(C)n2)C1. The second-order valence-corrected chi connectivity index (χ2v) is 4.41. The molecule has 16 heavy (non-hydrogen) atoms. The molecule has 1 aliphatic rings. The number of rotatable bonds is 2. The van der Waals surface area contributed by atoms with E-state index < -0.39 is 0 Å². The van der Waals surface area contributed by atoms with E-state index in [1.54, 1.807) is 0 Å². The number of ketones is 1. The van der Waals surface area contributed by atoms with E-state index in [2.05, 4.69) is 11.9 Å². The fraction of sp³-hybridized carbons (Fsp3) is 0.429. The molecule has 0 saturated heterocycles. The van der Waals surface area contributed by atoms with Crippen LogP contribution < -0.4 is 0 Å². The highest BCUT2D eigenvalue weighted by atomic mass is 16.1. The Hall–Kier alpha value is -1.44. The van der Waals surface area contributed by atoms with Gasteiger partial charge in [-0.15, -0.1) is 0 Å². The molecule has 0 amide bonds. The molecule has 1 aromatic heterocycles. The largest absolute Gasteiger partial charge is 0.294 e. The van der Waals surface area contributed by atoms with Crippen LogP contribution in [0.4, 0.5) is 0 Å². The van der Waals surface area contributed by atoms with Gasteiger partial charge in [0, 0.05) is 5.69 Å². The van der Waals surface area contributed by atoms with Crippen molar-refractivity contribution in [3.8, 4) is 0 Å². The van der Waals surface area contributed by atoms with E-state index in [4.69, 9.17) is 0 Å². The summed E-state index contributed by atoms with van der Waals surface area (Å²) in [5, 5.41) is 0. The molecule has 0 N–H and O–H groups in total. The van der Waals surface area contributed by atoms with Crippen molar-refractivity contribution >= 4 is 5.78 Å². The van der Waals surface area contributed by atoms with Crippen molar-refractivity contribution in [3.05, 3.63) is 40.7 Å². The highest BCUT2D eigenvalue weighted by Crippen LogP contribution is 2.36. The molecule has 1 heterocycles. The Morgan fingerprint density at radius 3 is 2.69 bits per heavy atom. The lowest BCUT2D eigenvalue weighted by molar-refractivity contribution is -0.116. The number of carbonyl (C=O) groups excluding carboxylic acids is 1. The molecule has 0 radical (unpaired) electrons. The van der Waals surface area contributed by atoms with E-state index in [1.165, 1.54) is 5.57 Å². The highest BCUT2D eigenvalue weighted by Gasteiger charge is 2.31. The predicted octanol–water partition coefficient (Wildman–Crippen LogP) is 3.17. The molecule has 1 atom stereocenters. The molecule has 2 rings (SSSR count). The predicted molar refractivity (Wildman–Crippen MR) is 64.3 cm³/mol. The second-order valence-electron chi connectivity index (χ2n) is 4.41. The number of pyridine rings is 1. The minimum atomic E-state index is -0.0325. The summed E-state index contributed by atoms with van der Waals surface area (Å²) in [6, 6.07) is 5.90. The van der Waals surface area contributed by atoms with E-state index in [0.29, 0.717) is 0 Å². The first-order chi connectivity index (χ1) is 7.63. The third kappa shape index (κ3) is 1.80. The van der Waals surface area contributed by atoms with Gasteiger partial charge in [-0.05, 0) is 44.4 Å². The van der Waals surface area contributed by atoms with Crippen molar-refractivity contribution in [1.29, 1.82) is 0 Å². The molecular weight excluding hydrogens is 198 g/mol. The molecule has 1 aromatic rings. The van der Waals surface area contributed by atoms with Gasteiger partial charge in [0.25, 0.3) is 0 Å². The topological polar surface area (TPSA) is 30.0 Å². The van der Waals surface area contributed by atoms with Crippen LogP contribution in [0, 0.1) is 6.92 Å². The van der Waals surface area contributed by atoms with Gasteiger partial charge in [0.05, 0.1) is 11.6 Å². The average Bonchev–Trinajstić information content (AvgIpc) is 2.56. The molecule has 1 unspecified atom stereocenters. The molecule has 2 heteroatoms. The smallest absolute Gasteiger partial charge is 0.167 e. The summed E-state index contributed by atoms with van der Waals surface area (Å²) < 4.78 is 0. The molecule has 0 saturated carbocycles. The van der Waals surface area contributed by atoms with Crippen LogP contribution in [0.3, 0.4) is 0 Å². The zero-order chi connectivity index (χ0) is 11.7. The lowest BCUT2D eigenvalue weighted by Crippen LogP contribution is -2.09. The molecule has 0 aromatic carbocycles. The van der Waals surface area contributed by atoms with Gasteiger partial charge in [-0.2, -0.15) is 0 Å². The molecule has 0 aliphatic heterocycles. The Balaban J connectivity index is 2.30. The monoisotopic (exact) mass is 215 g/mol. The van der Waals surface area contributed by atoms with Gasteiger partial charge in [-0.3, -0.25) is 9.78 Å². The minimum Gasteiger partial charge on any atom is -0.294 e. The summed E-state index contributed by atoms with van der Waals surface area (Å²) >= 11 is 0. The van der Waals surface area contributed by atoms with Crippen LogP contribution in [-0.4, -0.2) is 10.8 Å². The van der Waals surface area contributed by atoms with Crippen molar-refractivity contribution in [2.24, 2.45) is 0 Å². The third-order valence-electron chi connectivity index (χ3n) is 3.36. The summed E-state index contributed by atoms with van der Waals surface area (Å²) in [6.07, 6.45) is 1.83. The maximum absolute atomic E-state index is 12.1. The number of nitrogens with zero attached hydrogens (tertiary/aromatic N) is 1. The first-order valence-corrected chi connectivity index (χ1v) is 5.80. The van der Waals surface area contributed by atoms with Gasteiger partial charge < -0.3 is 0 Å². The highest BCUT2D eigenvalue weighted by molar-refractivity contribution is 6.03. The van der Waals surface area contributed by atoms with Crippen molar-refractivity contribution < 1.29 is 4.79 Å². The van der Waals surface area contributed by atoms with Gasteiger partial charge in [0.1, 0.15) is 0 Å². The van der Waals surface area contributed by atoms with Crippen molar-refractivity contribution in [3.63, 3.8) is 0 Å². The van der Waals surface area contributed by atoms with Crippen LogP contribution in [0.2, 0.25) is 0 Å². The maximum atomic E-state index is 12.1. The summed E-state index contributed by atoms with van der Waals surface area (Å²) in [5.41, 5.74) is 4.15. The number of aromatic nitrogens is 1. The maximum Gasteiger partial charge on any atom is 0.167 e. The Bertz CT molecular complexity index is 460. The second kappa shape index (κ2) is 4.20. The first kappa shape index (κ1) is 11.1. The van der Waals surface area contributed by atoms with Crippen LogP contribution in [0.15, 0.2) is 29.3 Å². The van der Waals surface area contributed by atoms with E-state index in [9.17, 15) is 4.79 Å². The number of allylic oxidation sites excluding steroid dienone is 2. The first-order valence-electron chi connectivity index (χ1n) is 5.80. The zero-order valence-electron chi connectivity index (χ0n) is 10.1. The van der Waals surface area contributed by atoms with Gasteiger partial charge in [0.15, 0.2) is 5.78 Å². The summed E-state index contributed by atoms with van der Waals surface area (Å²) in [4.78, 5) is 16.5. The van der Waals surface area contributed by atoms with Crippen LogP contribution >= 0.6 is 0 Å². The molecule has 84 valence electrons. The molecule has 2 nitrogen and oxygen atoms in total. The van der Waals surface area contributed by atoms with Crippen LogP contribution in [-0.2, 0) is 4.79 Å². The van der Waals surface area contributed by atoms with Crippen LogP contribution in [0.5, 0.6) is 0 Å². The van der Waals surface area contributed by atoms with Gasteiger partial charge >= 0.3 is 0 Å². The number of Topliss-reactive ketones (excluding diaryl/α,β-unsaturated/α-hetero) is 1. The number of hydrogen-bond donors (Lipinski definition) is 0. The molecule has 1 aliphatic carbocycles. The Labute approximate surface area is 96.4 Å². The zero-order valence-corrected chi connectivity index (χ0v) is 10.1. The van der Waals surface area contributed by atoms with Crippen molar-refractivity contribution in [1.82, 2.24) is 4.98 Å². The van der Waals surface area contributed by atoms with Crippen molar-refractivity contribution in [2.75, 3.05) is 0 Å². The van der Waals surface area contributed by atoms with E-state index in [1.807, 2.05) is 32.0 Å². The van der Waals surface area contributed by atoms with E-state index >= 15 is 0 Å². The quantitative estimate of drug-likeness (QED) is 0.758. The van der Waals surface area contributed by atoms with E-state index in [-0.39, 0.29) is 11.7 Å². The van der Waals surface area contributed by atoms with Crippen LogP contribution in [0.1, 0.15) is 44.0 Å². The Morgan fingerprint density at radius 1 is 1.38 bits per heavy atom. The number of aryl methyl sites for hydroxylation is 1. The molecule has 0 bridgehead atoms. The van der Waals surface area contributed by atoms with E-state index in [0.717, 1.165) is 29.8 Å². The average molecular weight is 215 g/mol. The van der Waals surface area contributed by atoms with Gasteiger partial charge in [0.2, 0.25) is 0 Å². The normalized spacial score (nSPS) is 20.7. The fourth-order valence-electron chi connectivity index (χ4n) is 2.33. The lowest BCUT2D eigenvalue weighted by Gasteiger charge is -2.08. The Kier molecular flexibility index (Phi) is 2.90. The minimum absolute atomic E-state index is 0.0325. The summed E-state index contributed by atoms with van der Waals surface area (Å²) in [6.45, 7) is 6.01. The van der Waals surface area contributed by atoms with Gasteiger partial charge in [-0.1, -0.05) is 18.6 Å². The molecule has 0 fully saturated rings. The number of carbonyl (C=O) groups is 1. The lowest BCUT2D eigenvalue weighted by atomic mass is 9.98. The van der Waals surface area contributed by atoms with Gasteiger partial charge in [-0.25, -0.2) is 0 Å². The summed E-state index contributed by atoms with van der Waals surface area (Å²) in [5.74, 6) is 0.227. The Morgan fingerprint density at radius 2 is 2.12 bits per heavy atom. The summed E-state index contributed by atoms with van der Waals surface area (Å²) in [7, 11) is 0. The van der Waals surface area contributed by atoms with Crippen molar-refractivity contribution in [2.45, 2.75) is 39.5 Å². The fourth-order valence-corrected chi connectivity index (χ4v) is 2.33. The van der Waals surface area contributed by atoms with Crippen LogP contribution in [0.25, 0.3) is 0 Å².